The fourth-order valence-corrected chi connectivity index (χ4v) is 3.15. The Morgan fingerprint density at radius 1 is 0.893 bits per heavy atom. The van der Waals surface area contributed by atoms with Gasteiger partial charge in [0.15, 0.2) is 11.5 Å². The van der Waals surface area contributed by atoms with E-state index in [-0.39, 0.29) is 11.9 Å². The smallest absolute Gasteiger partial charge is 0.317 e. The molecule has 1 heterocycles. The van der Waals surface area contributed by atoms with Crippen molar-refractivity contribution in [2.45, 2.75) is 6.54 Å². The van der Waals surface area contributed by atoms with Gasteiger partial charge in [0.25, 0.3) is 5.91 Å². The summed E-state index contributed by atoms with van der Waals surface area (Å²) in [5, 5.41) is 2.93. The summed E-state index contributed by atoms with van der Waals surface area (Å²) in [4.78, 5) is 28.6. The van der Waals surface area contributed by atoms with Gasteiger partial charge in [-0.15, -0.1) is 0 Å². The molecule has 2 aromatic carbocycles. The number of urea groups is 1. The molecule has 0 bridgehead atoms. The first-order valence-corrected chi connectivity index (χ1v) is 9.20. The van der Waals surface area contributed by atoms with Crippen molar-refractivity contribution in [1.29, 1.82) is 0 Å². The van der Waals surface area contributed by atoms with Crippen molar-refractivity contribution < 1.29 is 19.1 Å². The van der Waals surface area contributed by atoms with Gasteiger partial charge in [0.05, 0.1) is 14.2 Å². The number of amides is 3. The third-order valence-electron chi connectivity index (χ3n) is 4.77. The van der Waals surface area contributed by atoms with E-state index in [1.165, 1.54) is 0 Å². The van der Waals surface area contributed by atoms with Crippen LogP contribution in [-0.2, 0) is 6.54 Å². The van der Waals surface area contributed by atoms with Crippen LogP contribution in [0.25, 0.3) is 0 Å². The third-order valence-corrected chi connectivity index (χ3v) is 4.77. The average molecular weight is 383 g/mol. The molecular formula is C21H25N3O4. The van der Waals surface area contributed by atoms with Crippen LogP contribution in [0.1, 0.15) is 15.9 Å². The average Bonchev–Trinajstić information content (AvgIpc) is 2.77. The monoisotopic (exact) mass is 383 g/mol. The molecule has 28 heavy (non-hydrogen) atoms. The zero-order chi connectivity index (χ0) is 19.9. The summed E-state index contributed by atoms with van der Waals surface area (Å²) in [6.07, 6.45) is 0. The zero-order valence-electron chi connectivity index (χ0n) is 16.2. The Bertz CT molecular complexity index is 818. The number of nitrogens with one attached hydrogen (secondary N) is 1. The van der Waals surface area contributed by atoms with Crippen LogP contribution in [0, 0.1) is 0 Å². The first-order valence-electron chi connectivity index (χ1n) is 9.20. The first-order chi connectivity index (χ1) is 13.6. The van der Waals surface area contributed by atoms with Gasteiger partial charge in [-0.05, 0) is 23.8 Å². The second kappa shape index (κ2) is 9.12. The number of hydrogen-bond acceptors (Lipinski definition) is 4. The van der Waals surface area contributed by atoms with Crippen LogP contribution < -0.4 is 14.8 Å². The molecule has 1 saturated heterocycles. The van der Waals surface area contributed by atoms with Crippen molar-refractivity contribution in [2.24, 2.45) is 0 Å². The zero-order valence-corrected chi connectivity index (χ0v) is 16.2. The highest BCUT2D eigenvalue weighted by Gasteiger charge is 2.25. The molecule has 7 heteroatoms. The number of benzene rings is 2. The summed E-state index contributed by atoms with van der Waals surface area (Å²) in [7, 11) is 3.10. The lowest BCUT2D eigenvalue weighted by atomic mass is 10.1. The number of piperazine rings is 1. The van der Waals surface area contributed by atoms with E-state index in [1.807, 2.05) is 30.3 Å². The van der Waals surface area contributed by atoms with E-state index < -0.39 is 0 Å². The summed E-state index contributed by atoms with van der Waals surface area (Å²) in [5.74, 6) is 1.02. The standard InChI is InChI=1S/C21H25N3O4/c1-27-18-9-8-17(14-19(18)28-2)20(25)23-10-12-24(13-11-23)21(26)22-15-16-6-4-3-5-7-16/h3-9,14H,10-13,15H2,1-2H3,(H,22,26). The molecule has 1 aliphatic rings. The van der Waals surface area contributed by atoms with Crippen molar-refractivity contribution in [3.05, 3.63) is 59.7 Å². The summed E-state index contributed by atoms with van der Waals surface area (Å²) < 4.78 is 10.5. The van der Waals surface area contributed by atoms with Gasteiger partial charge in [-0.1, -0.05) is 30.3 Å². The Kier molecular flexibility index (Phi) is 6.37. The lowest BCUT2D eigenvalue weighted by Gasteiger charge is -2.34. The lowest BCUT2D eigenvalue weighted by Crippen LogP contribution is -2.53. The van der Waals surface area contributed by atoms with E-state index >= 15 is 0 Å². The molecular weight excluding hydrogens is 358 g/mol. The number of carbonyl (C=O) groups is 2. The first kappa shape index (κ1) is 19.5. The van der Waals surface area contributed by atoms with Crippen molar-refractivity contribution >= 4 is 11.9 Å². The van der Waals surface area contributed by atoms with Crippen molar-refractivity contribution in [1.82, 2.24) is 15.1 Å². The topological polar surface area (TPSA) is 71.1 Å². The molecule has 148 valence electrons. The van der Waals surface area contributed by atoms with Gasteiger partial charge in [0, 0.05) is 38.3 Å². The van der Waals surface area contributed by atoms with E-state index in [2.05, 4.69) is 5.32 Å². The highest BCUT2D eigenvalue weighted by molar-refractivity contribution is 5.95. The van der Waals surface area contributed by atoms with E-state index in [0.29, 0.717) is 49.8 Å². The normalized spacial score (nSPS) is 13.8. The predicted molar refractivity (Wildman–Crippen MR) is 106 cm³/mol. The highest BCUT2D eigenvalue weighted by atomic mass is 16.5. The number of ether oxygens (including phenoxy) is 2. The molecule has 1 N–H and O–H groups in total. The molecule has 0 aliphatic carbocycles. The van der Waals surface area contributed by atoms with Crippen molar-refractivity contribution in [2.75, 3.05) is 40.4 Å². The van der Waals surface area contributed by atoms with Crippen molar-refractivity contribution in [3.8, 4) is 11.5 Å². The molecule has 1 fully saturated rings. The number of nitrogens with zero attached hydrogens (tertiary/aromatic N) is 2. The van der Waals surface area contributed by atoms with Gasteiger partial charge in [-0.2, -0.15) is 0 Å². The molecule has 7 nitrogen and oxygen atoms in total. The number of rotatable bonds is 5. The second-order valence-corrected chi connectivity index (χ2v) is 6.49. The Morgan fingerprint density at radius 3 is 2.18 bits per heavy atom. The Hall–Kier alpha value is -3.22. The van der Waals surface area contributed by atoms with Gasteiger partial charge in [0.1, 0.15) is 0 Å². The molecule has 0 saturated carbocycles. The fourth-order valence-electron chi connectivity index (χ4n) is 3.15. The fraction of sp³-hybridized carbons (Fsp3) is 0.333. The lowest BCUT2D eigenvalue weighted by molar-refractivity contribution is 0.0664. The minimum atomic E-state index is -0.109. The molecule has 3 rings (SSSR count). The maximum absolute atomic E-state index is 12.8. The highest BCUT2D eigenvalue weighted by Crippen LogP contribution is 2.28. The maximum atomic E-state index is 12.8. The third kappa shape index (κ3) is 4.54. The SMILES string of the molecule is COc1ccc(C(=O)N2CCN(C(=O)NCc3ccccc3)CC2)cc1OC. The summed E-state index contributed by atoms with van der Waals surface area (Å²) in [5.41, 5.74) is 1.60. The Balaban J connectivity index is 1.53. The molecule has 0 radical (unpaired) electrons. The minimum absolute atomic E-state index is 0.0784. The largest absolute Gasteiger partial charge is 0.493 e. The van der Waals surface area contributed by atoms with Crippen molar-refractivity contribution in [3.63, 3.8) is 0 Å². The van der Waals surface area contributed by atoms with Gasteiger partial charge in [-0.25, -0.2) is 4.79 Å². The van der Waals surface area contributed by atoms with E-state index in [9.17, 15) is 9.59 Å². The molecule has 1 aliphatic heterocycles. The summed E-state index contributed by atoms with van der Waals surface area (Å²) >= 11 is 0. The summed E-state index contributed by atoms with van der Waals surface area (Å²) in [6, 6.07) is 14.8. The second-order valence-electron chi connectivity index (χ2n) is 6.49. The van der Waals surface area contributed by atoms with Crippen LogP contribution in [0.15, 0.2) is 48.5 Å². The van der Waals surface area contributed by atoms with Crippen LogP contribution in [-0.4, -0.2) is 62.1 Å². The quantitative estimate of drug-likeness (QED) is 0.861. The molecule has 0 aromatic heterocycles. The number of carbonyl (C=O) groups excluding carboxylic acids is 2. The molecule has 0 atom stereocenters. The van der Waals surface area contributed by atoms with Gasteiger partial charge < -0.3 is 24.6 Å². The van der Waals surface area contributed by atoms with Gasteiger partial charge in [-0.3, -0.25) is 4.79 Å². The van der Waals surface area contributed by atoms with E-state index in [4.69, 9.17) is 9.47 Å². The van der Waals surface area contributed by atoms with Crippen LogP contribution >= 0.6 is 0 Å². The van der Waals surface area contributed by atoms with Crippen LogP contribution in [0.3, 0.4) is 0 Å². The van der Waals surface area contributed by atoms with Gasteiger partial charge >= 0.3 is 6.03 Å². The van der Waals surface area contributed by atoms with Crippen LogP contribution in [0.4, 0.5) is 4.79 Å². The number of hydrogen-bond donors (Lipinski definition) is 1. The maximum Gasteiger partial charge on any atom is 0.317 e. The van der Waals surface area contributed by atoms with Crippen LogP contribution in [0.2, 0.25) is 0 Å². The summed E-state index contributed by atoms with van der Waals surface area (Å²) in [6.45, 7) is 2.47. The predicted octanol–water partition coefficient (Wildman–Crippen LogP) is 2.37. The Labute approximate surface area is 164 Å². The Morgan fingerprint density at radius 2 is 1.54 bits per heavy atom. The van der Waals surface area contributed by atoms with E-state index in [1.54, 1.807) is 42.2 Å². The van der Waals surface area contributed by atoms with Crippen LogP contribution in [0.5, 0.6) is 11.5 Å². The molecule has 2 aromatic rings. The number of methoxy groups -OCH3 is 2. The molecule has 0 unspecified atom stereocenters. The molecule has 0 spiro atoms. The van der Waals surface area contributed by atoms with Gasteiger partial charge in [0.2, 0.25) is 0 Å². The molecule has 3 amide bonds. The minimum Gasteiger partial charge on any atom is -0.493 e. The van der Waals surface area contributed by atoms with E-state index in [0.717, 1.165) is 5.56 Å².